The fourth-order valence-electron chi connectivity index (χ4n) is 1.49. The Labute approximate surface area is 117 Å². The van der Waals surface area contributed by atoms with Crippen LogP contribution in [-0.4, -0.2) is 36.2 Å². The summed E-state index contributed by atoms with van der Waals surface area (Å²) in [5.74, 6) is -0.976. The molecular formula is C15H17NO4. The normalized spacial score (nSPS) is 12.1. The zero-order chi connectivity index (χ0) is 15.0. The van der Waals surface area contributed by atoms with Crippen molar-refractivity contribution in [3.05, 3.63) is 41.5 Å². The lowest BCUT2D eigenvalue weighted by Crippen LogP contribution is -2.09. The van der Waals surface area contributed by atoms with E-state index in [0.717, 1.165) is 0 Å². The van der Waals surface area contributed by atoms with E-state index < -0.39 is 5.97 Å². The summed E-state index contributed by atoms with van der Waals surface area (Å²) in [5.41, 5.74) is 0.570. The van der Waals surface area contributed by atoms with E-state index in [1.807, 2.05) is 0 Å². The molecule has 0 bridgehead atoms. The van der Waals surface area contributed by atoms with Crippen molar-refractivity contribution in [3.63, 3.8) is 0 Å². The monoisotopic (exact) mass is 275 g/mol. The maximum atomic E-state index is 11.5. The maximum Gasteiger partial charge on any atom is 0.327 e. The zero-order valence-electron chi connectivity index (χ0n) is 11.5. The van der Waals surface area contributed by atoms with Crippen molar-refractivity contribution in [2.45, 2.75) is 13.8 Å². The molecule has 20 heavy (non-hydrogen) atoms. The summed E-state index contributed by atoms with van der Waals surface area (Å²) < 4.78 is 4.71. The highest BCUT2D eigenvalue weighted by Gasteiger charge is 2.10. The lowest BCUT2D eigenvalue weighted by atomic mass is 10.1. The van der Waals surface area contributed by atoms with Gasteiger partial charge in [0.05, 0.1) is 12.2 Å². The average Bonchev–Trinajstić information content (AvgIpc) is 2.44. The number of ether oxygens (including phenoxy) is 1. The van der Waals surface area contributed by atoms with E-state index >= 15 is 0 Å². The molecule has 0 heterocycles. The van der Waals surface area contributed by atoms with Crippen LogP contribution in [0.2, 0.25) is 0 Å². The molecule has 1 aromatic rings. The van der Waals surface area contributed by atoms with Crippen molar-refractivity contribution >= 4 is 23.7 Å². The van der Waals surface area contributed by atoms with Gasteiger partial charge in [-0.3, -0.25) is 14.6 Å². The highest BCUT2D eigenvalue weighted by molar-refractivity contribution is 6.17. The van der Waals surface area contributed by atoms with Crippen LogP contribution >= 0.6 is 0 Å². The van der Waals surface area contributed by atoms with E-state index in [4.69, 9.17) is 4.74 Å². The van der Waals surface area contributed by atoms with Gasteiger partial charge in [0.15, 0.2) is 5.78 Å². The second-order valence-corrected chi connectivity index (χ2v) is 3.96. The van der Waals surface area contributed by atoms with Crippen molar-refractivity contribution in [1.82, 2.24) is 0 Å². The number of Topliss-reactive ketones (excluding diaryl/α,β-unsaturated/α-hetero) is 1. The van der Waals surface area contributed by atoms with Crippen molar-refractivity contribution in [3.8, 4) is 0 Å². The number of ketones is 1. The third-order valence-corrected chi connectivity index (χ3v) is 2.43. The van der Waals surface area contributed by atoms with Crippen LogP contribution in [-0.2, 0) is 14.3 Å². The van der Waals surface area contributed by atoms with Gasteiger partial charge in [-0.1, -0.05) is 30.3 Å². The summed E-state index contributed by atoms with van der Waals surface area (Å²) in [6.45, 7) is 3.11. The maximum absolute atomic E-state index is 11.5. The third kappa shape index (κ3) is 4.68. The van der Waals surface area contributed by atoms with Crippen LogP contribution in [0.3, 0.4) is 0 Å². The van der Waals surface area contributed by atoms with Gasteiger partial charge >= 0.3 is 5.97 Å². The lowest BCUT2D eigenvalue weighted by Gasteiger charge is -2.04. The number of aliphatic hydroxyl groups is 1. The number of aliphatic imine (C=N–C) groups is 1. The highest BCUT2D eigenvalue weighted by atomic mass is 16.5. The van der Waals surface area contributed by atoms with Gasteiger partial charge in [-0.15, -0.1) is 0 Å². The molecule has 0 aromatic heterocycles. The minimum Gasteiger partial charge on any atom is -0.507 e. The number of allylic oxidation sites excluding steroid dienone is 1. The number of benzene rings is 1. The van der Waals surface area contributed by atoms with Crippen LogP contribution in [0.25, 0.3) is 5.76 Å². The Morgan fingerprint density at radius 1 is 1.30 bits per heavy atom. The smallest absolute Gasteiger partial charge is 0.327 e. The average molecular weight is 275 g/mol. The molecule has 0 spiro atoms. The molecule has 0 unspecified atom stereocenters. The van der Waals surface area contributed by atoms with Gasteiger partial charge in [-0.25, -0.2) is 0 Å². The quantitative estimate of drug-likeness (QED) is 0.373. The summed E-state index contributed by atoms with van der Waals surface area (Å²) in [4.78, 5) is 26.5. The molecule has 0 radical (unpaired) electrons. The largest absolute Gasteiger partial charge is 0.507 e. The van der Waals surface area contributed by atoms with Crippen LogP contribution in [0.15, 0.2) is 40.9 Å². The Kier molecular flexibility index (Phi) is 6.16. The highest BCUT2D eigenvalue weighted by Crippen LogP contribution is 2.15. The predicted octanol–water partition coefficient (Wildman–Crippen LogP) is 2.18. The number of nitrogens with zero attached hydrogens (tertiary/aromatic N) is 1. The van der Waals surface area contributed by atoms with Gasteiger partial charge in [0.25, 0.3) is 0 Å². The van der Waals surface area contributed by atoms with E-state index in [2.05, 4.69) is 4.99 Å². The Morgan fingerprint density at radius 2 is 1.95 bits per heavy atom. The standard InChI is InChI=1S/C15H17NO4/c1-3-20-14(18)10-16-9-13(11(2)17)15(19)12-7-5-4-6-8-12/h4-9,19H,3,10H2,1-2H3/b15-13+,16-9?. The summed E-state index contributed by atoms with van der Waals surface area (Å²) >= 11 is 0. The Bertz CT molecular complexity index is 532. The number of carbonyl (C=O) groups excluding carboxylic acids is 2. The van der Waals surface area contributed by atoms with Gasteiger partial charge in [-0.2, -0.15) is 0 Å². The zero-order valence-corrected chi connectivity index (χ0v) is 11.5. The van der Waals surface area contributed by atoms with Gasteiger partial charge in [0.2, 0.25) is 0 Å². The minimum absolute atomic E-state index is 0.0560. The van der Waals surface area contributed by atoms with E-state index in [-0.39, 0.29) is 30.3 Å². The molecule has 1 N–H and O–H groups in total. The van der Waals surface area contributed by atoms with E-state index in [0.29, 0.717) is 5.56 Å². The topological polar surface area (TPSA) is 76.0 Å². The molecule has 0 aliphatic rings. The second-order valence-electron chi connectivity index (χ2n) is 3.96. The number of hydrogen-bond donors (Lipinski definition) is 1. The Hall–Kier alpha value is -2.43. The first-order chi connectivity index (χ1) is 9.56. The first-order valence-electron chi connectivity index (χ1n) is 6.21. The fraction of sp³-hybridized carbons (Fsp3) is 0.267. The molecule has 1 rings (SSSR count). The molecule has 0 atom stereocenters. The Morgan fingerprint density at radius 3 is 2.50 bits per heavy atom. The molecule has 0 aliphatic carbocycles. The van der Waals surface area contributed by atoms with Gasteiger partial charge in [-0.05, 0) is 13.8 Å². The Balaban J connectivity index is 2.92. The lowest BCUT2D eigenvalue weighted by molar-refractivity contribution is -0.141. The van der Waals surface area contributed by atoms with E-state index in [1.165, 1.54) is 13.1 Å². The summed E-state index contributed by atoms with van der Waals surface area (Å²) in [5, 5.41) is 10.1. The van der Waals surface area contributed by atoms with Crippen molar-refractivity contribution in [1.29, 1.82) is 0 Å². The first kappa shape index (κ1) is 15.6. The number of esters is 1. The van der Waals surface area contributed by atoms with Crippen LogP contribution in [0.4, 0.5) is 0 Å². The molecule has 106 valence electrons. The van der Waals surface area contributed by atoms with E-state index in [9.17, 15) is 14.7 Å². The van der Waals surface area contributed by atoms with Crippen LogP contribution in [0, 0.1) is 0 Å². The molecule has 1 aromatic carbocycles. The van der Waals surface area contributed by atoms with Crippen molar-refractivity contribution in [2.24, 2.45) is 4.99 Å². The van der Waals surface area contributed by atoms with Crippen LogP contribution in [0.1, 0.15) is 19.4 Å². The van der Waals surface area contributed by atoms with E-state index in [1.54, 1.807) is 37.3 Å². The SMILES string of the molecule is CCOC(=O)CN=C/C(C(C)=O)=C(\O)c1ccccc1. The molecule has 0 fully saturated rings. The molecular weight excluding hydrogens is 258 g/mol. The van der Waals surface area contributed by atoms with Crippen molar-refractivity contribution < 1.29 is 19.4 Å². The van der Waals surface area contributed by atoms with Crippen LogP contribution in [0.5, 0.6) is 0 Å². The molecule has 5 nitrogen and oxygen atoms in total. The van der Waals surface area contributed by atoms with Crippen molar-refractivity contribution in [2.75, 3.05) is 13.2 Å². The summed E-state index contributed by atoms with van der Waals surface area (Å²) in [6.07, 6.45) is 1.20. The molecule has 0 amide bonds. The number of hydrogen-bond acceptors (Lipinski definition) is 5. The number of aliphatic hydroxyl groups excluding tert-OH is 1. The van der Waals surface area contributed by atoms with Crippen LogP contribution < -0.4 is 0 Å². The molecule has 0 aliphatic heterocycles. The van der Waals surface area contributed by atoms with Gasteiger partial charge in [0.1, 0.15) is 12.3 Å². The third-order valence-electron chi connectivity index (χ3n) is 2.43. The number of rotatable bonds is 6. The summed E-state index contributed by atoms with van der Waals surface area (Å²) in [7, 11) is 0. The molecule has 5 heteroatoms. The van der Waals surface area contributed by atoms with Gasteiger partial charge in [0, 0.05) is 11.8 Å². The number of carbonyl (C=O) groups is 2. The minimum atomic E-state index is -0.481. The molecule has 0 saturated heterocycles. The fourth-order valence-corrected chi connectivity index (χ4v) is 1.49. The second kappa shape index (κ2) is 7.89. The summed E-state index contributed by atoms with van der Waals surface area (Å²) in [6, 6.07) is 8.66. The van der Waals surface area contributed by atoms with Gasteiger partial charge < -0.3 is 9.84 Å². The molecule has 0 saturated carbocycles. The first-order valence-corrected chi connectivity index (χ1v) is 6.21. The predicted molar refractivity (Wildman–Crippen MR) is 76.7 cm³/mol.